The lowest BCUT2D eigenvalue weighted by molar-refractivity contribution is -0.0130. The minimum Gasteiger partial charge on any atom is -0.445 e. The lowest BCUT2D eigenvalue weighted by Crippen LogP contribution is -2.59. The molecule has 0 unspecified atom stereocenters. The highest BCUT2D eigenvalue weighted by Gasteiger charge is 2.48. The Morgan fingerprint density at radius 3 is 2.80 bits per heavy atom. The predicted molar refractivity (Wildman–Crippen MR) is 77.3 cm³/mol. The van der Waals surface area contributed by atoms with E-state index in [1.807, 2.05) is 37.4 Å². The van der Waals surface area contributed by atoms with Gasteiger partial charge in [0.15, 0.2) is 0 Å². The van der Waals surface area contributed by atoms with Gasteiger partial charge in [0.05, 0.1) is 0 Å². The molecule has 3 aliphatic rings. The molecule has 1 aromatic rings. The van der Waals surface area contributed by atoms with Crippen LogP contribution in [-0.2, 0) is 11.3 Å². The van der Waals surface area contributed by atoms with Gasteiger partial charge in [-0.05, 0) is 30.9 Å². The second kappa shape index (κ2) is 5.44. The number of nitrogens with one attached hydrogen (secondary N) is 1. The molecule has 3 fully saturated rings. The summed E-state index contributed by atoms with van der Waals surface area (Å²) in [6, 6.07) is 9.79. The van der Waals surface area contributed by atoms with Crippen molar-refractivity contribution in [2.45, 2.75) is 19.4 Å². The maximum absolute atomic E-state index is 12.0. The maximum Gasteiger partial charge on any atom is 0.409 e. The maximum atomic E-state index is 12.0. The van der Waals surface area contributed by atoms with Crippen molar-refractivity contribution in [3.05, 3.63) is 35.9 Å². The number of fused-ring (bicyclic) bond motifs is 2. The average molecular weight is 274 g/mol. The third-order valence-corrected chi connectivity index (χ3v) is 4.47. The largest absolute Gasteiger partial charge is 0.445 e. The number of piperidine rings is 2. The molecule has 2 saturated heterocycles. The van der Waals surface area contributed by atoms with Gasteiger partial charge < -0.3 is 15.0 Å². The zero-order chi connectivity index (χ0) is 14.0. The highest BCUT2D eigenvalue weighted by molar-refractivity contribution is 5.67. The second-order valence-corrected chi connectivity index (χ2v) is 6.30. The van der Waals surface area contributed by atoms with E-state index in [2.05, 4.69) is 5.32 Å². The summed E-state index contributed by atoms with van der Waals surface area (Å²) in [5.74, 6) is 0.817. The fraction of sp³-hybridized carbons (Fsp3) is 0.562. The molecule has 4 rings (SSSR count). The number of hydrogen-bond acceptors (Lipinski definition) is 3. The third-order valence-electron chi connectivity index (χ3n) is 4.47. The van der Waals surface area contributed by atoms with Gasteiger partial charge in [0, 0.05) is 25.6 Å². The molecule has 4 nitrogen and oxygen atoms in total. The summed E-state index contributed by atoms with van der Waals surface area (Å²) in [4.78, 5) is 13.8. The van der Waals surface area contributed by atoms with Crippen molar-refractivity contribution >= 4 is 6.09 Å². The van der Waals surface area contributed by atoms with Crippen LogP contribution in [0.25, 0.3) is 0 Å². The molecule has 0 spiro atoms. The molecule has 1 N–H and O–H groups in total. The molecular formula is C16H22N2O2. The molecule has 1 saturated carbocycles. The van der Waals surface area contributed by atoms with Gasteiger partial charge in [0.2, 0.25) is 0 Å². The average Bonchev–Trinajstić information content (AvgIpc) is 2.45. The number of ether oxygens (including phenoxy) is 1. The first-order valence-electron chi connectivity index (χ1n) is 7.29. The minimum absolute atomic E-state index is 0.225. The van der Waals surface area contributed by atoms with Crippen molar-refractivity contribution < 1.29 is 9.53 Å². The van der Waals surface area contributed by atoms with E-state index in [9.17, 15) is 4.79 Å². The molecule has 0 atom stereocenters. The first-order valence-corrected chi connectivity index (χ1v) is 7.29. The molecule has 1 aromatic carbocycles. The van der Waals surface area contributed by atoms with Crippen molar-refractivity contribution in [1.29, 1.82) is 0 Å². The van der Waals surface area contributed by atoms with Crippen LogP contribution < -0.4 is 5.32 Å². The highest BCUT2D eigenvalue weighted by Crippen LogP contribution is 2.48. The predicted octanol–water partition coefficient (Wildman–Crippen LogP) is 2.25. The summed E-state index contributed by atoms with van der Waals surface area (Å²) in [6.07, 6.45) is 2.27. The van der Waals surface area contributed by atoms with E-state index in [0.29, 0.717) is 12.0 Å². The van der Waals surface area contributed by atoms with Gasteiger partial charge in [-0.1, -0.05) is 30.3 Å². The number of nitrogens with zero attached hydrogens (tertiary/aromatic N) is 1. The van der Waals surface area contributed by atoms with Crippen LogP contribution in [0.3, 0.4) is 0 Å². The molecule has 2 aliphatic heterocycles. The molecule has 4 heteroatoms. The van der Waals surface area contributed by atoms with Crippen LogP contribution >= 0.6 is 0 Å². The van der Waals surface area contributed by atoms with Gasteiger partial charge in [0.25, 0.3) is 0 Å². The van der Waals surface area contributed by atoms with E-state index in [1.165, 1.54) is 12.8 Å². The number of carbonyl (C=O) groups is 1. The first kappa shape index (κ1) is 13.4. The van der Waals surface area contributed by atoms with Crippen LogP contribution in [-0.4, -0.2) is 37.7 Å². The van der Waals surface area contributed by atoms with E-state index in [1.54, 1.807) is 4.90 Å². The molecule has 2 bridgehead atoms. The van der Waals surface area contributed by atoms with Gasteiger partial charge in [-0.2, -0.15) is 0 Å². The van der Waals surface area contributed by atoms with Crippen molar-refractivity contribution in [2.24, 2.45) is 11.3 Å². The quantitative estimate of drug-likeness (QED) is 0.915. The molecule has 108 valence electrons. The van der Waals surface area contributed by atoms with Gasteiger partial charge in [-0.25, -0.2) is 4.79 Å². The molecule has 0 radical (unpaired) electrons. The SMILES string of the molecule is CN(CC12CNCC(C1)C2)C(=O)OCc1ccccc1. The summed E-state index contributed by atoms with van der Waals surface area (Å²) in [5, 5.41) is 3.45. The highest BCUT2D eigenvalue weighted by atomic mass is 16.6. The van der Waals surface area contributed by atoms with Crippen LogP contribution in [0, 0.1) is 11.3 Å². The van der Waals surface area contributed by atoms with E-state index in [4.69, 9.17) is 4.74 Å². The summed E-state index contributed by atoms with van der Waals surface area (Å²) in [7, 11) is 1.84. The lowest BCUT2D eigenvalue weighted by atomic mass is 9.59. The fourth-order valence-corrected chi connectivity index (χ4v) is 3.58. The van der Waals surface area contributed by atoms with Crippen LogP contribution in [0.2, 0.25) is 0 Å². The monoisotopic (exact) mass is 274 g/mol. The molecule has 1 aliphatic carbocycles. The zero-order valence-electron chi connectivity index (χ0n) is 12.0. The third kappa shape index (κ3) is 2.80. The number of carbonyl (C=O) groups excluding carboxylic acids is 1. The minimum atomic E-state index is -0.225. The second-order valence-electron chi connectivity index (χ2n) is 6.30. The van der Waals surface area contributed by atoms with Gasteiger partial charge in [-0.15, -0.1) is 0 Å². The number of benzene rings is 1. The van der Waals surface area contributed by atoms with Crippen LogP contribution in [0.1, 0.15) is 18.4 Å². The van der Waals surface area contributed by atoms with Crippen LogP contribution in [0.5, 0.6) is 0 Å². The number of hydrogen-bond donors (Lipinski definition) is 1. The van der Waals surface area contributed by atoms with Crippen LogP contribution in [0.4, 0.5) is 4.79 Å². The topological polar surface area (TPSA) is 41.6 Å². The van der Waals surface area contributed by atoms with Crippen molar-refractivity contribution in [3.63, 3.8) is 0 Å². The van der Waals surface area contributed by atoms with Gasteiger partial charge in [0.1, 0.15) is 6.61 Å². The van der Waals surface area contributed by atoms with E-state index < -0.39 is 0 Å². The van der Waals surface area contributed by atoms with E-state index in [0.717, 1.165) is 31.1 Å². The van der Waals surface area contributed by atoms with Crippen molar-refractivity contribution in [3.8, 4) is 0 Å². The van der Waals surface area contributed by atoms with Crippen molar-refractivity contribution in [1.82, 2.24) is 10.2 Å². The Balaban J connectivity index is 1.47. The number of amides is 1. The first-order chi connectivity index (χ1) is 9.67. The molecule has 1 amide bonds. The zero-order valence-corrected chi connectivity index (χ0v) is 12.0. The summed E-state index contributed by atoms with van der Waals surface area (Å²) < 4.78 is 5.36. The Kier molecular flexibility index (Phi) is 3.66. The van der Waals surface area contributed by atoms with Crippen molar-refractivity contribution in [2.75, 3.05) is 26.7 Å². The standard InChI is InChI=1S/C16H22N2O2/c1-18(12-16-7-14(8-16)9-17-11-16)15(19)20-10-13-5-3-2-4-6-13/h2-6,14,17H,7-12H2,1H3. The van der Waals surface area contributed by atoms with E-state index >= 15 is 0 Å². The van der Waals surface area contributed by atoms with Gasteiger partial charge in [-0.3, -0.25) is 0 Å². The van der Waals surface area contributed by atoms with E-state index in [-0.39, 0.29) is 6.09 Å². The summed E-state index contributed by atoms with van der Waals surface area (Å²) >= 11 is 0. The summed E-state index contributed by atoms with van der Waals surface area (Å²) in [6.45, 7) is 3.31. The Hall–Kier alpha value is -1.55. The van der Waals surface area contributed by atoms with Crippen LogP contribution in [0.15, 0.2) is 30.3 Å². The molecule has 2 heterocycles. The smallest absolute Gasteiger partial charge is 0.409 e. The fourth-order valence-electron chi connectivity index (χ4n) is 3.58. The Bertz CT molecular complexity index is 463. The lowest BCUT2D eigenvalue weighted by Gasteiger charge is -2.53. The summed E-state index contributed by atoms with van der Waals surface area (Å²) in [5.41, 5.74) is 1.32. The molecule has 0 aromatic heterocycles. The molecular weight excluding hydrogens is 252 g/mol. The Morgan fingerprint density at radius 1 is 1.40 bits per heavy atom. The normalized spacial score (nSPS) is 27.6. The molecule has 20 heavy (non-hydrogen) atoms. The van der Waals surface area contributed by atoms with Gasteiger partial charge >= 0.3 is 6.09 Å². The Labute approximate surface area is 120 Å². The number of rotatable bonds is 4. The Morgan fingerprint density at radius 2 is 2.15 bits per heavy atom.